The van der Waals surface area contributed by atoms with Crippen LogP contribution in [0.5, 0.6) is 0 Å². The van der Waals surface area contributed by atoms with Crippen molar-refractivity contribution in [1.29, 1.82) is 0 Å². The van der Waals surface area contributed by atoms with E-state index in [-0.39, 0.29) is 16.5 Å². The van der Waals surface area contributed by atoms with Crippen molar-refractivity contribution in [2.45, 2.75) is 32.7 Å². The summed E-state index contributed by atoms with van der Waals surface area (Å²) in [6.07, 6.45) is 3.49. The summed E-state index contributed by atoms with van der Waals surface area (Å²) in [5.41, 5.74) is -1.90. The molecule has 2 aliphatic heterocycles. The van der Waals surface area contributed by atoms with Crippen molar-refractivity contribution >= 4 is 22.6 Å². The molecule has 1 aromatic heterocycles. The van der Waals surface area contributed by atoms with E-state index in [4.69, 9.17) is 4.74 Å². The number of ether oxygens (including phenoxy) is 1. The summed E-state index contributed by atoms with van der Waals surface area (Å²) in [5, 5.41) is 0.363. The Kier molecular flexibility index (Phi) is 4.00. The topological polar surface area (TPSA) is 93.8 Å². The summed E-state index contributed by atoms with van der Waals surface area (Å²) in [4.78, 5) is 54.9. The molecular formula is C20H20N4O5. The standard InChI is InChI=1S/C20H20N4O5/c1-20(2,3)29-15(25)11-14-18(28)23-16(26)12-7-5-6-8-13(12)17(27)24(23)19-21(4)9-10-22(14)19/h5-11,19H,1-4H3/b14-11+. The maximum absolute atomic E-state index is 13.2. The van der Waals surface area contributed by atoms with Crippen LogP contribution in [-0.4, -0.2) is 43.7 Å². The van der Waals surface area contributed by atoms with E-state index < -0.39 is 34.9 Å². The van der Waals surface area contributed by atoms with E-state index in [2.05, 4.69) is 0 Å². The fourth-order valence-corrected chi connectivity index (χ4v) is 3.50. The van der Waals surface area contributed by atoms with Crippen LogP contribution in [0, 0.1) is 0 Å². The Morgan fingerprint density at radius 2 is 1.66 bits per heavy atom. The van der Waals surface area contributed by atoms with Crippen LogP contribution in [0.25, 0.3) is 10.8 Å². The minimum Gasteiger partial charge on any atom is -0.457 e. The summed E-state index contributed by atoms with van der Waals surface area (Å²) in [5.74, 6) is -1.49. The highest BCUT2D eigenvalue weighted by molar-refractivity contribution is 6.01. The molecule has 0 aliphatic carbocycles. The van der Waals surface area contributed by atoms with Crippen molar-refractivity contribution in [3.63, 3.8) is 0 Å². The van der Waals surface area contributed by atoms with Crippen LogP contribution in [0.4, 0.5) is 0 Å². The molecule has 0 saturated carbocycles. The Bertz CT molecular complexity index is 1230. The van der Waals surface area contributed by atoms with Crippen LogP contribution in [0.1, 0.15) is 31.9 Å². The predicted molar refractivity (Wildman–Crippen MR) is 105 cm³/mol. The maximum Gasteiger partial charge on any atom is 0.333 e. The minimum absolute atomic E-state index is 0.0540. The zero-order chi connectivity index (χ0) is 21.1. The number of nitrogens with zero attached hydrogens (tertiary/aromatic N) is 4. The van der Waals surface area contributed by atoms with Crippen molar-refractivity contribution in [2.75, 3.05) is 7.05 Å². The molecule has 0 radical (unpaired) electrons. The number of esters is 1. The lowest BCUT2D eigenvalue weighted by atomic mass is 10.2. The van der Waals surface area contributed by atoms with Crippen LogP contribution in [0.15, 0.2) is 58.0 Å². The van der Waals surface area contributed by atoms with Gasteiger partial charge in [0.25, 0.3) is 17.0 Å². The lowest BCUT2D eigenvalue weighted by Gasteiger charge is -2.38. The number of hydrogen-bond donors (Lipinski definition) is 0. The molecule has 29 heavy (non-hydrogen) atoms. The molecule has 9 nitrogen and oxygen atoms in total. The molecule has 0 N–H and O–H groups in total. The van der Waals surface area contributed by atoms with Crippen molar-refractivity contribution in [3.05, 3.63) is 69.1 Å². The third kappa shape index (κ3) is 2.86. The smallest absolute Gasteiger partial charge is 0.333 e. The Labute approximate surface area is 165 Å². The molecule has 1 atom stereocenters. The number of hydrogen-bond acceptors (Lipinski definition) is 7. The van der Waals surface area contributed by atoms with E-state index in [1.165, 1.54) is 11.0 Å². The van der Waals surface area contributed by atoms with Gasteiger partial charge in [0.2, 0.25) is 6.29 Å². The number of carbonyl (C=O) groups is 2. The normalized spacial score (nSPS) is 19.7. The van der Waals surface area contributed by atoms with Crippen molar-refractivity contribution < 1.29 is 14.3 Å². The molecule has 0 amide bonds. The lowest BCUT2D eigenvalue weighted by molar-refractivity contribution is -0.148. The number of fused-ring (bicyclic) bond motifs is 4. The highest BCUT2D eigenvalue weighted by atomic mass is 16.6. The molecule has 1 unspecified atom stereocenters. The third-order valence-corrected chi connectivity index (χ3v) is 4.65. The number of carbonyl (C=O) groups excluding carboxylic acids is 2. The van der Waals surface area contributed by atoms with Gasteiger partial charge in [-0.1, -0.05) is 12.1 Å². The van der Waals surface area contributed by atoms with Gasteiger partial charge in [-0.05, 0) is 32.9 Å². The largest absolute Gasteiger partial charge is 0.457 e. The number of aromatic nitrogens is 2. The molecule has 2 aromatic rings. The second kappa shape index (κ2) is 6.20. The molecule has 2 aliphatic rings. The molecule has 3 heterocycles. The Balaban J connectivity index is 1.98. The molecule has 0 saturated heterocycles. The van der Waals surface area contributed by atoms with Gasteiger partial charge in [0.1, 0.15) is 11.3 Å². The van der Waals surface area contributed by atoms with Gasteiger partial charge in [-0.2, -0.15) is 9.36 Å². The molecule has 1 aromatic carbocycles. The van der Waals surface area contributed by atoms with Crippen LogP contribution in [-0.2, 0) is 9.53 Å². The van der Waals surface area contributed by atoms with Crippen LogP contribution in [0.3, 0.4) is 0 Å². The molecule has 0 bridgehead atoms. The number of rotatable bonds is 1. The summed E-state index contributed by atoms with van der Waals surface area (Å²) in [6.45, 7) is 5.14. The van der Waals surface area contributed by atoms with Gasteiger partial charge in [0.05, 0.1) is 16.8 Å². The molecule has 0 fully saturated rings. The average Bonchev–Trinajstić information content (AvgIpc) is 3.02. The van der Waals surface area contributed by atoms with Gasteiger partial charge in [0, 0.05) is 19.4 Å². The Hall–Kier alpha value is -3.62. The maximum atomic E-state index is 13.2. The molecular weight excluding hydrogens is 376 g/mol. The van der Waals surface area contributed by atoms with E-state index in [1.54, 1.807) is 63.3 Å². The highest BCUT2D eigenvalue weighted by Crippen LogP contribution is 2.31. The molecule has 0 spiro atoms. The van der Waals surface area contributed by atoms with Crippen molar-refractivity contribution in [2.24, 2.45) is 0 Å². The zero-order valence-corrected chi connectivity index (χ0v) is 16.4. The van der Waals surface area contributed by atoms with Gasteiger partial charge in [0.15, 0.2) is 0 Å². The van der Waals surface area contributed by atoms with Gasteiger partial charge in [-0.3, -0.25) is 14.4 Å². The molecule has 4 rings (SSSR count). The first-order chi connectivity index (χ1) is 13.6. The lowest BCUT2D eigenvalue weighted by Crippen LogP contribution is -2.55. The van der Waals surface area contributed by atoms with Gasteiger partial charge in [-0.25, -0.2) is 4.79 Å². The third-order valence-electron chi connectivity index (χ3n) is 4.65. The second-order valence-electron chi connectivity index (χ2n) is 7.90. The Morgan fingerprint density at radius 1 is 1.03 bits per heavy atom. The first-order valence-corrected chi connectivity index (χ1v) is 9.05. The monoisotopic (exact) mass is 396 g/mol. The SMILES string of the molecule is CN1C=CN2/C(=C/C(=O)OC(C)(C)C)C(=O)n3c(=O)c4ccccc4c(=O)n3C12. The van der Waals surface area contributed by atoms with E-state index in [0.29, 0.717) is 0 Å². The fraction of sp³-hybridized carbons (Fsp3) is 0.300. The average molecular weight is 396 g/mol. The van der Waals surface area contributed by atoms with Crippen molar-refractivity contribution in [3.8, 4) is 0 Å². The highest BCUT2D eigenvalue weighted by Gasteiger charge is 2.41. The minimum atomic E-state index is -0.800. The van der Waals surface area contributed by atoms with E-state index in [1.807, 2.05) is 0 Å². The molecule has 9 heteroatoms. The van der Waals surface area contributed by atoms with E-state index >= 15 is 0 Å². The Morgan fingerprint density at radius 3 is 2.28 bits per heavy atom. The predicted octanol–water partition coefficient (Wildman–Crippen LogP) is 1.22. The quantitative estimate of drug-likeness (QED) is 0.528. The second-order valence-corrected chi connectivity index (χ2v) is 7.90. The van der Waals surface area contributed by atoms with E-state index in [9.17, 15) is 19.2 Å². The summed E-state index contributed by atoms with van der Waals surface area (Å²) in [7, 11) is 1.71. The van der Waals surface area contributed by atoms with Gasteiger partial charge in [-0.15, -0.1) is 0 Å². The van der Waals surface area contributed by atoms with Crippen LogP contribution >= 0.6 is 0 Å². The van der Waals surface area contributed by atoms with Crippen LogP contribution in [0.2, 0.25) is 0 Å². The first-order valence-electron chi connectivity index (χ1n) is 9.05. The van der Waals surface area contributed by atoms with Gasteiger partial charge >= 0.3 is 5.97 Å². The van der Waals surface area contributed by atoms with Gasteiger partial charge < -0.3 is 14.5 Å². The zero-order valence-electron chi connectivity index (χ0n) is 16.4. The molecule has 150 valence electrons. The summed E-state index contributed by atoms with van der Waals surface area (Å²) < 4.78 is 7.20. The van der Waals surface area contributed by atoms with Crippen molar-refractivity contribution in [1.82, 2.24) is 19.2 Å². The number of allylic oxidation sites excluding steroid dienone is 1. The van der Waals surface area contributed by atoms with E-state index in [0.717, 1.165) is 15.4 Å². The summed E-state index contributed by atoms with van der Waals surface area (Å²) >= 11 is 0. The number of benzene rings is 1. The summed E-state index contributed by atoms with van der Waals surface area (Å²) in [6, 6.07) is 6.34. The first kappa shape index (κ1) is 18.7. The fourth-order valence-electron chi connectivity index (χ4n) is 3.50. The van der Waals surface area contributed by atoms with Crippen LogP contribution < -0.4 is 11.1 Å².